The predicted molar refractivity (Wildman–Crippen MR) is 87.9 cm³/mol. The van der Waals surface area contributed by atoms with Crippen molar-refractivity contribution < 1.29 is 14.3 Å². The van der Waals surface area contributed by atoms with Gasteiger partial charge in [0.1, 0.15) is 10.7 Å². The molecule has 0 saturated carbocycles. The molecule has 0 bridgehead atoms. The number of ether oxygens (including phenoxy) is 2. The van der Waals surface area contributed by atoms with Crippen LogP contribution in [0, 0.1) is 0 Å². The van der Waals surface area contributed by atoms with E-state index in [-0.39, 0.29) is 11.9 Å². The van der Waals surface area contributed by atoms with Gasteiger partial charge in [-0.2, -0.15) is 0 Å². The lowest BCUT2D eigenvalue weighted by Crippen LogP contribution is -2.33. The van der Waals surface area contributed by atoms with E-state index in [1.165, 1.54) is 11.3 Å². The van der Waals surface area contributed by atoms with Crippen molar-refractivity contribution in [1.82, 2.24) is 9.88 Å². The molecule has 118 valence electrons. The van der Waals surface area contributed by atoms with Crippen LogP contribution in [-0.4, -0.2) is 43.1 Å². The first-order chi connectivity index (χ1) is 10.5. The van der Waals surface area contributed by atoms with Gasteiger partial charge in [0.25, 0.3) is 5.91 Å². The Morgan fingerprint density at radius 2 is 1.91 bits per heavy atom. The first-order valence-electron chi connectivity index (χ1n) is 6.93. The molecular weight excluding hydrogens is 300 g/mol. The number of carbonyl (C=O) groups is 1. The van der Waals surface area contributed by atoms with Gasteiger partial charge in [-0.1, -0.05) is 0 Å². The fourth-order valence-electron chi connectivity index (χ4n) is 1.89. The number of benzene rings is 1. The van der Waals surface area contributed by atoms with Crippen LogP contribution in [0.5, 0.6) is 11.5 Å². The lowest BCUT2D eigenvalue weighted by Gasteiger charge is -2.20. The number of rotatable bonds is 5. The van der Waals surface area contributed by atoms with Crippen molar-refractivity contribution in [3.05, 3.63) is 29.3 Å². The predicted octanol–water partition coefficient (Wildman–Crippen LogP) is 3.31. The second-order valence-electron chi connectivity index (χ2n) is 5.12. The van der Waals surface area contributed by atoms with Crippen molar-refractivity contribution in [1.29, 1.82) is 0 Å². The van der Waals surface area contributed by atoms with Gasteiger partial charge in [0.05, 0.1) is 14.2 Å². The summed E-state index contributed by atoms with van der Waals surface area (Å²) in [7, 11) is 4.97. The second kappa shape index (κ2) is 6.79. The van der Waals surface area contributed by atoms with Crippen LogP contribution in [0.25, 0.3) is 10.6 Å². The third-order valence-corrected chi connectivity index (χ3v) is 4.34. The molecule has 0 saturated heterocycles. The topological polar surface area (TPSA) is 51.7 Å². The molecule has 5 nitrogen and oxygen atoms in total. The van der Waals surface area contributed by atoms with E-state index in [1.807, 2.05) is 32.0 Å². The second-order valence-corrected chi connectivity index (χ2v) is 5.98. The van der Waals surface area contributed by atoms with Crippen molar-refractivity contribution in [3.63, 3.8) is 0 Å². The Bertz CT molecular complexity index is 667. The van der Waals surface area contributed by atoms with Crippen molar-refractivity contribution in [3.8, 4) is 22.1 Å². The summed E-state index contributed by atoms with van der Waals surface area (Å²) in [5, 5.41) is 2.56. The third kappa shape index (κ3) is 3.22. The highest BCUT2D eigenvalue weighted by atomic mass is 32.1. The van der Waals surface area contributed by atoms with Gasteiger partial charge in [-0.15, -0.1) is 11.3 Å². The van der Waals surface area contributed by atoms with Crippen LogP contribution in [0.1, 0.15) is 24.3 Å². The van der Waals surface area contributed by atoms with Gasteiger partial charge in [-0.25, -0.2) is 4.98 Å². The van der Waals surface area contributed by atoms with E-state index in [4.69, 9.17) is 9.47 Å². The molecule has 0 unspecified atom stereocenters. The fraction of sp³-hybridized carbons (Fsp3) is 0.375. The molecule has 0 N–H and O–H groups in total. The normalized spacial score (nSPS) is 10.6. The Kier molecular flexibility index (Phi) is 5.03. The molecule has 1 aromatic heterocycles. The molecule has 2 rings (SSSR count). The largest absolute Gasteiger partial charge is 0.493 e. The maximum atomic E-state index is 12.3. The van der Waals surface area contributed by atoms with Gasteiger partial charge >= 0.3 is 0 Å². The highest BCUT2D eigenvalue weighted by Gasteiger charge is 2.18. The van der Waals surface area contributed by atoms with Crippen LogP contribution in [-0.2, 0) is 0 Å². The van der Waals surface area contributed by atoms with Crippen LogP contribution in [0.4, 0.5) is 0 Å². The molecule has 6 heteroatoms. The van der Waals surface area contributed by atoms with Gasteiger partial charge < -0.3 is 14.4 Å². The number of aromatic nitrogens is 1. The molecule has 0 aliphatic rings. The van der Waals surface area contributed by atoms with E-state index in [0.29, 0.717) is 17.2 Å². The molecule has 0 spiro atoms. The van der Waals surface area contributed by atoms with Crippen molar-refractivity contribution >= 4 is 17.2 Å². The fourth-order valence-corrected chi connectivity index (χ4v) is 2.68. The van der Waals surface area contributed by atoms with Crippen LogP contribution in [0.2, 0.25) is 0 Å². The first-order valence-corrected chi connectivity index (χ1v) is 7.81. The molecule has 0 atom stereocenters. The number of nitrogens with zero attached hydrogens (tertiary/aromatic N) is 2. The average Bonchev–Trinajstić information content (AvgIpc) is 3.02. The van der Waals surface area contributed by atoms with Gasteiger partial charge in [0.2, 0.25) is 0 Å². The summed E-state index contributed by atoms with van der Waals surface area (Å²) in [4.78, 5) is 18.4. The van der Waals surface area contributed by atoms with E-state index >= 15 is 0 Å². The zero-order valence-corrected chi connectivity index (χ0v) is 14.2. The first kappa shape index (κ1) is 16.3. The molecule has 1 aromatic carbocycles. The average molecular weight is 320 g/mol. The molecule has 0 aliphatic carbocycles. The van der Waals surface area contributed by atoms with E-state index in [9.17, 15) is 4.79 Å². The Morgan fingerprint density at radius 1 is 1.23 bits per heavy atom. The molecule has 22 heavy (non-hydrogen) atoms. The summed E-state index contributed by atoms with van der Waals surface area (Å²) in [5.74, 6) is 1.24. The van der Waals surface area contributed by atoms with E-state index < -0.39 is 0 Å². The van der Waals surface area contributed by atoms with Gasteiger partial charge in [0.15, 0.2) is 11.5 Å². The monoisotopic (exact) mass is 320 g/mol. The lowest BCUT2D eigenvalue weighted by atomic mass is 10.2. The summed E-state index contributed by atoms with van der Waals surface area (Å²) in [6.45, 7) is 3.94. The zero-order valence-electron chi connectivity index (χ0n) is 13.4. The van der Waals surface area contributed by atoms with Crippen LogP contribution in [0.15, 0.2) is 23.6 Å². The van der Waals surface area contributed by atoms with Crippen molar-refractivity contribution in [2.45, 2.75) is 19.9 Å². The highest BCUT2D eigenvalue weighted by Crippen LogP contribution is 2.33. The maximum absolute atomic E-state index is 12.3. The Hall–Kier alpha value is -2.08. The summed E-state index contributed by atoms with van der Waals surface area (Å²) in [6.07, 6.45) is 0. The minimum Gasteiger partial charge on any atom is -0.493 e. The van der Waals surface area contributed by atoms with Crippen molar-refractivity contribution in [2.75, 3.05) is 21.3 Å². The van der Waals surface area contributed by atoms with Crippen LogP contribution in [0.3, 0.4) is 0 Å². The summed E-state index contributed by atoms with van der Waals surface area (Å²) >= 11 is 1.44. The summed E-state index contributed by atoms with van der Waals surface area (Å²) in [5.41, 5.74) is 1.36. The van der Waals surface area contributed by atoms with Gasteiger partial charge in [-0.05, 0) is 32.0 Å². The smallest absolute Gasteiger partial charge is 0.273 e. The SMILES string of the molecule is COc1ccc(-c2nc(C(=O)N(C)C(C)C)cs2)cc1OC. The standard InChI is InChI=1S/C16H20N2O3S/c1-10(2)18(3)16(19)12-9-22-15(17-12)11-6-7-13(20-4)14(8-11)21-5/h6-10H,1-5H3. The number of hydrogen-bond acceptors (Lipinski definition) is 5. The molecule has 1 amide bonds. The van der Waals surface area contributed by atoms with Gasteiger partial charge in [-0.3, -0.25) is 4.79 Å². The number of hydrogen-bond donors (Lipinski definition) is 0. The zero-order chi connectivity index (χ0) is 16.3. The minimum atomic E-state index is -0.0713. The van der Waals surface area contributed by atoms with Crippen molar-refractivity contribution in [2.24, 2.45) is 0 Å². The maximum Gasteiger partial charge on any atom is 0.273 e. The molecular formula is C16H20N2O3S. The molecule has 0 aliphatic heterocycles. The number of thiazole rings is 1. The molecule has 2 aromatic rings. The number of carbonyl (C=O) groups excluding carboxylic acids is 1. The Balaban J connectivity index is 2.30. The van der Waals surface area contributed by atoms with E-state index in [1.54, 1.807) is 31.5 Å². The van der Waals surface area contributed by atoms with E-state index in [0.717, 1.165) is 10.6 Å². The number of amides is 1. The summed E-state index contributed by atoms with van der Waals surface area (Å²) < 4.78 is 10.5. The Labute approximate surface area is 134 Å². The Morgan fingerprint density at radius 3 is 2.50 bits per heavy atom. The molecule has 0 radical (unpaired) electrons. The molecule has 0 fully saturated rings. The van der Waals surface area contributed by atoms with Gasteiger partial charge in [0, 0.05) is 24.0 Å². The lowest BCUT2D eigenvalue weighted by molar-refractivity contribution is 0.0750. The summed E-state index contributed by atoms with van der Waals surface area (Å²) in [6, 6.07) is 5.73. The van der Waals surface area contributed by atoms with E-state index in [2.05, 4.69) is 4.98 Å². The minimum absolute atomic E-state index is 0.0713. The number of methoxy groups -OCH3 is 2. The van der Waals surface area contributed by atoms with Crippen LogP contribution >= 0.6 is 11.3 Å². The quantitative estimate of drug-likeness (QED) is 0.848. The highest BCUT2D eigenvalue weighted by molar-refractivity contribution is 7.13. The molecule has 1 heterocycles. The van der Waals surface area contributed by atoms with Crippen LogP contribution < -0.4 is 9.47 Å². The third-order valence-electron chi connectivity index (χ3n) is 3.45.